The highest BCUT2D eigenvalue weighted by Gasteiger charge is 2.19. The number of hydrogen-bond donors (Lipinski definition) is 0. The molecule has 8 aromatic carbocycles. The van der Waals surface area contributed by atoms with E-state index in [0.29, 0.717) is 0 Å². The molecule has 0 aliphatic rings. The minimum absolute atomic E-state index is 0.908. The van der Waals surface area contributed by atoms with Gasteiger partial charge >= 0.3 is 0 Å². The minimum Gasteiger partial charge on any atom is -0.456 e. The number of fused-ring (bicyclic) bond motifs is 10. The molecule has 0 saturated carbocycles. The van der Waals surface area contributed by atoms with Crippen molar-refractivity contribution in [2.45, 2.75) is 0 Å². The number of para-hydroxylation sites is 3. The standard InChI is InChI=1S/C48H29NO2/c1-4-13-43-37(10-1)40-25-26-41-38-11-2-6-15-45(38)51-48(41)47(40)49(43)36-23-20-32(21-24-36)34-9-7-8-33(28-34)30-16-18-31(19-17-30)35-22-27-46-42(29-35)39-12-3-5-14-44(39)50-46/h1-29H. The Bertz CT molecular complexity index is 3120. The Hall–Kier alpha value is -6.84. The lowest BCUT2D eigenvalue weighted by molar-refractivity contribution is 0.669. The van der Waals surface area contributed by atoms with E-state index in [2.05, 4.69) is 162 Å². The SMILES string of the molecule is c1cc(-c2ccc(-c3ccc4oc5ccccc5c4c3)cc2)cc(-c2ccc(-n3c4ccccc4c4ccc5c6ccccc6oc5c43)cc2)c1. The van der Waals surface area contributed by atoms with E-state index in [1.807, 2.05) is 18.2 Å². The zero-order valence-electron chi connectivity index (χ0n) is 27.5. The first kappa shape index (κ1) is 28.0. The van der Waals surface area contributed by atoms with Crippen molar-refractivity contribution in [3.63, 3.8) is 0 Å². The maximum Gasteiger partial charge on any atom is 0.160 e. The third-order valence-electron chi connectivity index (χ3n) is 10.4. The van der Waals surface area contributed by atoms with Gasteiger partial charge in [-0.2, -0.15) is 0 Å². The molecule has 238 valence electrons. The van der Waals surface area contributed by atoms with E-state index < -0.39 is 0 Å². The third kappa shape index (κ3) is 4.32. The van der Waals surface area contributed by atoms with E-state index in [0.717, 1.165) is 60.6 Å². The second-order valence-corrected chi connectivity index (χ2v) is 13.3. The molecule has 0 amide bonds. The van der Waals surface area contributed by atoms with Gasteiger partial charge in [0, 0.05) is 38.0 Å². The summed E-state index contributed by atoms with van der Waals surface area (Å²) in [6, 6.07) is 62.6. The average molecular weight is 652 g/mol. The Kier molecular flexibility index (Phi) is 5.96. The van der Waals surface area contributed by atoms with Crippen LogP contribution in [0.15, 0.2) is 185 Å². The zero-order chi connectivity index (χ0) is 33.5. The highest BCUT2D eigenvalue weighted by molar-refractivity contribution is 6.21. The predicted octanol–water partition coefficient (Wildman–Crippen LogP) is 13.6. The molecule has 0 aliphatic carbocycles. The van der Waals surface area contributed by atoms with Gasteiger partial charge in [-0.05, 0) is 88.0 Å². The predicted molar refractivity (Wildman–Crippen MR) is 212 cm³/mol. The molecule has 11 rings (SSSR count). The molecule has 0 radical (unpaired) electrons. The molecule has 3 aromatic heterocycles. The monoisotopic (exact) mass is 651 g/mol. The Labute approximate surface area is 293 Å². The molecule has 0 atom stereocenters. The topological polar surface area (TPSA) is 31.2 Å². The fourth-order valence-electron chi connectivity index (χ4n) is 7.94. The summed E-state index contributed by atoms with van der Waals surface area (Å²) in [5, 5.41) is 6.97. The van der Waals surface area contributed by atoms with Crippen LogP contribution < -0.4 is 0 Å². The molecule has 3 nitrogen and oxygen atoms in total. The molecule has 3 heteroatoms. The van der Waals surface area contributed by atoms with Crippen molar-refractivity contribution < 1.29 is 8.83 Å². The smallest absolute Gasteiger partial charge is 0.160 e. The molecular formula is C48H29NO2. The quantitative estimate of drug-likeness (QED) is 0.190. The molecule has 11 aromatic rings. The van der Waals surface area contributed by atoms with Crippen molar-refractivity contribution in [3.05, 3.63) is 176 Å². The lowest BCUT2D eigenvalue weighted by atomic mass is 9.96. The number of hydrogen-bond acceptors (Lipinski definition) is 2. The van der Waals surface area contributed by atoms with E-state index in [1.54, 1.807) is 0 Å². The summed E-state index contributed by atoms with van der Waals surface area (Å²) >= 11 is 0. The summed E-state index contributed by atoms with van der Waals surface area (Å²) in [6.45, 7) is 0. The number of benzene rings is 8. The van der Waals surface area contributed by atoms with Gasteiger partial charge in [-0.1, -0.05) is 121 Å². The van der Waals surface area contributed by atoms with Gasteiger partial charge in [-0.25, -0.2) is 0 Å². The van der Waals surface area contributed by atoms with Gasteiger partial charge in [0.05, 0.1) is 11.0 Å². The summed E-state index contributed by atoms with van der Waals surface area (Å²) in [6.07, 6.45) is 0. The second kappa shape index (κ2) is 10.8. The first-order chi connectivity index (χ1) is 25.3. The van der Waals surface area contributed by atoms with Crippen molar-refractivity contribution in [2.75, 3.05) is 0 Å². The van der Waals surface area contributed by atoms with Crippen molar-refractivity contribution in [1.82, 2.24) is 4.57 Å². The van der Waals surface area contributed by atoms with Crippen LogP contribution in [0.2, 0.25) is 0 Å². The lowest BCUT2D eigenvalue weighted by Gasteiger charge is -2.11. The van der Waals surface area contributed by atoms with Crippen molar-refractivity contribution in [1.29, 1.82) is 0 Å². The van der Waals surface area contributed by atoms with Crippen molar-refractivity contribution in [3.8, 4) is 39.1 Å². The fourth-order valence-corrected chi connectivity index (χ4v) is 7.94. The molecule has 51 heavy (non-hydrogen) atoms. The van der Waals surface area contributed by atoms with Crippen molar-refractivity contribution >= 4 is 65.7 Å². The summed E-state index contributed by atoms with van der Waals surface area (Å²) in [4.78, 5) is 0. The zero-order valence-corrected chi connectivity index (χ0v) is 27.5. The highest BCUT2D eigenvalue weighted by atomic mass is 16.3. The van der Waals surface area contributed by atoms with E-state index in [1.165, 1.54) is 44.2 Å². The van der Waals surface area contributed by atoms with E-state index in [9.17, 15) is 0 Å². The normalized spacial score (nSPS) is 11.9. The van der Waals surface area contributed by atoms with Crippen LogP contribution in [0.25, 0.3) is 105 Å². The molecule has 0 fully saturated rings. The first-order valence-corrected chi connectivity index (χ1v) is 17.3. The van der Waals surface area contributed by atoms with Crippen LogP contribution in [0.4, 0.5) is 0 Å². The molecule has 0 spiro atoms. The van der Waals surface area contributed by atoms with Gasteiger partial charge in [-0.3, -0.25) is 0 Å². The van der Waals surface area contributed by atoms with Crippen LogP contribution >= 0.6 is 0 Å². The molecule has 0 bridgehead atoms. The summed E-state index contributed by atoms with van der Waals surface area (Å²) in [5.74, 6) is 0. The number of furan rings is 2. The fraction of sp³-hybridized carbons (Fsp3) is 0. The summed E-state index contributed by atoms with van der Waals surface area (Å²) in [7, 11) is 0. The number of aromatic nitrogens is 1. The van der Waals surface area contributed by atoms with Gasteiger partial charge in [0.25, 0.3) is 0 Å². The van der Waals surface area contributed by atoms with Crippen LogP contribution in [0.3, 0.4) is 0 Å². The van der Waals surface area contributed by atoms with Crippen LogP contribution in [-0.4, -0.2) is 4.57 Å². The second-order valence-electron chi connectivity index (χ2n) is 13.3. The molecule has 0 saturated heterocycles. The Morgan fingerprint density at radius 2 is 0.843 bits per heavy atom. The largest absolute Gasteiger partial charge is 0.456 e. The Morgan fingerprint density at radius 3 is 1.57 bits per heavy atom. The van der Waals surface area contributed by atoms with Crippen LogP contribution in [0.1, 0.15) is 0 Å². The maximum absolute atomic E-state index is 6.54. The van der Waals surface area contributed by atoms with Crippen LogP contribution in [-0.2, 0) is 0 Å². The number of rotatable bonds is 4. The number of nitrogens with zero attached hydrogens (tertiary/aromatic N) is 1. The maximum atomic E-state index is 6.54. The Morgan fingerprint density at radius 1 is 0.314 bits per heavy atom. The molecule has 3 heterocycles. The van der Waals surface area contributed by atoms with E-state index in [4.69, 9.17) is 8.83 Å². The third-order valence-corrected chi connectivity index (χ3v) is 10.4. The molecule has 0 N–H and O–H groups in total. The van der Waals surface area contributed by atoms with Gasteiger partial charge in [-0.15, -0.1) is 0 Å². The lowest BCUT2D eigenvalue weighted by Crippen LogP contribution is -1.94. The minimum atomic E-state index is 0.908. The average Bonchev–Trinajstić information content (AvgIpc) is 3.87. The van der Waals surface area contributed by atoms with Crippen LogP contribution in [0, 0.1) is 0 Å². The van der Waals surface area contributed by atoms with Crippen molar-refractivity contribution in [2.24, 2.45) is 0 Å². The van der Waals surface area contributed by atoms with E-state index in [-0.39, 0.29) is 0 Å². The van der Waals surface area contributed by atoms with Gasteiger partial charge in [0.15, 0.2) is 5.58 Å². The molecule has 0 aliphatic heterocycles. The molecule has 0 unspecified atom stereocenters. The first-order valence-electron chi connectivity index (χ1n) is 17.3. The van der Waals surface area contributed by atoms with Gasteiger partial charge in [0.1, 0.15) is 16.7 Å². The van der Waals surface area contributed by atoms with E-state index >= 15 is 0 Å². The summed E-state index contributed by atoms with van der Waals surface area (Å²) < 4.78 is 14.9. The van der Waals surface area contributed by atoms with Gasteiger partial charge in [0.2, 0.25) is 0 Å². The highest BCUT2D eigenvalue weighted by Crippen LogP contribution is 2.41. The van der Waals surface area contributed by atoms with Crippen LogP contribution in [0.5, 0.6) is 0 Å². The Balaban J connectivity index is 0.949. The van der Waals surface area contributed by atoms with Gasteiger partial charge < -0.3 is 13.4 Å². The summed E-state index contributed by atoms with van der Waals surface area (Å²) in [5.41, 5.74) is 14.1. The molecular weight excluding hydrogens is 623 g/mol.